The maximum absolute atomic E-state index is 12.0. The molecule has 1 aliphatic heterocycles. The van der Waals surface area contributed by atoms with Crippen LogP contribution in [-0.4, -0.2) is 53.2 Å². The summed E-state index contributed by atoms with van der Waals surface area (Å²) in [6.45, 7) is 2.23. The first-order valence-electron chi connectivity index (χ1n) is 9.35. The van der Waals surface area contributed by atoms with Crippen LogP contribution < -0.4 is 15.0 Å². The maximum atomic E-state index is 12.0. The first-order valence-corrected chi connectivity index (χ1v) is 10.3. The minimum Gasteiger partial charge on any atom is -0.495 e. The largest absolute Gasteiger partial charge is 0.495 e. The number of hydrogen-bond acceptors (Lipinski definition) is 7. The Morgan fingerprint density at radius 3 is 2.82 bits per heavy atom. The second-order valence-corrected chi connectivity index (χ2v) is 7.33. The summed E-state index contributed by atoms with van der Waals surface area (Å²) in [5, 5.41) is 20.7. The number of rotatable bonds is 8. The van der Waals surface area contributed by atoms with Crippen LogP contribution in [-0.2, 0) is 4.79 Å². The van der Waals surface area contributed by atoms with E-state index >= 15 is 0 Å². The number of hydrogen-bond donors (Lipinski definition) is 1. The third kappa shape index (κ3) is 4.75. The van der Waals surface area contributed by atoms with Crippen molar-refractivity contribution in [2.45, 2.75) is 30.8 Å². The van der Waals surface area contributed by atoms with Crippen LogP contribution in [0.4, 0.5) is 5.95 Å². The van der Waals surface area contributed by atoms with Gasteiger partial charge in [-0.3, -0.25) is 9.36 Å². The van der Waals surface area contributed by atoms with Gasteiger partial charge in [-0.15, -0.1) is 10.2 Å². The molecule has 148 valence electrons. The van der Waals surface area contributed by atoms with Crippen molar-refractivity contribution in [3.8, 4) is 17.5 Å². The summed E-state index contributed by atoms with van der Waals surface area (Å²) in [7, 11) is 1.64. The van der Waals surface area contributed by atoms with Gasteiger partial charge in [-0.25, -0.2) is 0 Å². The summed E-state index contributed by atoms with van der Waals surface area (Å²) in [5.41, 5.74) is 0.850. The molecule has 1 aliphatic rings. The minimum absolute atomic E-state index is 0.130. The van der Waals surface area contributed by atoms with Crippen molar-refractivity contribution in [1.29, 1.82) is 5.26 Å². The smallest absolute Gasteiger partial charge is 0.232 e. The number of thioether (sulfide) groups is 1. The second kappa shape index (κ2) is 9.99. The second-order valence-electron chi connectivity index (χ2n) is 6.38. The average Bonchev–Trinajstić information content (AvgIpc) is 3.16. The molecule has 0 saturated carbocycles. The number of amides is 1. The van der Waals surface area contributed by atoms with Crippen LogP contribution in [0.1, 0.15) is 25.7 Å². The Hall–Kier alpha value is -2.73. The van der Waals surface area contributed by atoms with Crippen molar-refractivity contribution in [2.75, 3.05) is 37.4 Å². The van der Waals surface area contributed by atoms with Gasteiger partial charge in [0.05, 0.1) is 31.0 Å². The first kappa shape index (κ1) is 20.0. The molecular weight excluding hydrogens is 376 g/mol. The number of nitrogens with one attached hydrogen (secondary N) is 1. The number of anilines is 1. The molecular formula is C19H24N6O2S. The third-order valence-electron chi connectivity index (χ3n) is 4.47. The van der Waals surface area contributed by atoms with E-state index in [1.165, 1.54) is 18.2 Å². The van der Waals surface area contributed by atoms with Crippen LogP contribution in [0.25, 0.3) is 5.69 Å². The van der Waals surface area contributed by atoms with Gasteiger partial charge >= 0.3 is 0 Å². The monoisotopic (exact) mass is 400 g/mol. The molecule has 2 heterocycles. The Morgan fingerprint density at radius 1 is 1.29 bits per heavy atom. The molecule has 0 aliphatic carbocycles. The predicted molar refractivity (Wildman–Crippen MR) is 108 cm³/mol. The fourth-order valence-electron chi connectivity index (χ4n) is 3.12. The van der Waals surface area contributed by atoms with Crippen LogP contribution in [0, 0.1) is 11.3 Å². The molecule has 3 rings (SSSR count). The lowest BCUT2D eigenvalue weighted by Gasteiger charge is -2.28. The molecule has 0 unspecified atom stereocenters. The van der Waals surface area contributed by atoms with Crippen molar-refractivity contribution in [1.82, 2.24) is 20.1 Å². The highest BCUT2D eigenvalue weighted by Gasteiger charge is 2.23. The Morgan fingerprint density at radius 2 is 2.07 bits per heavy atom. The molecule has 1 aromatic carbocycles. The summed E-state index contributed by atoms with van der Waals surface area (Å²) in [4.78, 5) is 14.3. The number of nitrogens with zero attached hydrogens (tertiary/aromatic N) is 5. The van der Waals surface area contributed by atoms with Gasteiger partial charge in [0.25, 0.3) is 0 Å². The van der Waals surface area contributed by atoms with E-state index < -0.39 is 0 Å². The number of piperidine rings is 1. The zero-order valence-corrected chi connectivity index (χ0v) is 16.7. The molecule has 2 aromatic rings. The molecule has 28 heavy (non-hydrogen) atoms. The Bertz CT molecular complexity index is 841. The maximum Gasteiger partial charge on any atom is 0.232 e. The highest BCUT2D eigenvalue weighted by molar-refractivity contribution is 7.99. The number of carbonyl (C=O) groups excluding carboxylic acids is 1. The van der Waals surface area contributed by atoms with E-state index in [1.54, 1.807) is 7.11 Å². The van der Waals surface area contributed by atoms with Gasteiger partial charge in [-0.05, 0) is 31.4 Å². The van der Waals surface area contributed by atoms with Crippen molar-refractivity contribution in [3.05, 3.63) is 24.3 Å². The zero-order chi connectivity index (χ0) is 19.8. The number of para-hydroxylation sites is 2. The summed E-state index contributed by atoms with van der Waals surface area (Å²) in [6, 6.07) is 9.74. The standard InChI is InChI=1S/C19H24N6O2S/c1-27-16-9-4-3-8-15(16)25-18(24-12-5-2-6-13-24)22-23-19(25)28-14-17(26)21-11-7-10-20/h3-4,8-9H,2,5-7,11-14H2,1H3,(H,21,26). The molecule has 1 amide bonds. The molecule has 8 nitrogen and oxygen atoms in total. The predicted octanol–water partition coefficient (Wildman–Crippen LogP) is 2.39. The Balaban J connectivity index is 1.86. The number of aromatic nitrogens is 3. The van der Waals surface area contributed by atoms with E-state index in [0.717, 1.165) is 43.3 Å². The minimum atomic E-state index is -0.130. The van der Waals surface area contributed by atoms with Gasteiger partial charge in [0.2, 0.25) is 11.9 Å². The Kier molecular flexibility index (Phi) is 7.14. The van der Waals surface area contributed by atoms with E-state index in [0.29, 0.717) is 18.1 Å². The summed E-state index contributed by atoms with van der Waals surface area (Å²) in [5.74, 6) is 1.57. The van der Waals surface area contributed by atoms with E-state index in [-0.39, 0.29) is 11.7 Å². The number of methoxy groups -OCH3 is 1. The molecule has 0 radical (unpaired) electrons. The van der Waals surface area contributed by atoms with Crippen molar-refractivity contribution in [2.24, 2.45) is 0 Å². The van der Waals surface area contributed by atoms with E-state index in [2.05, 4.69) is 20.4 Å². The first-order chi connectivity index (χ1) is 13.7. The van der Waals surface area contributed by atoms with Crippen molar-refractivity contribution < 1.29 is 9.53 Å². The van der Waals surface area contributed by atoms with E-state index in [9.17, 15) is 4.79 Å². The molecule has 9 heteroatoms. The number of ether oxygens (including phenoxy) is 1. The molecule has 0 atom stereocenters. The molecule has 1 saturated heterocycles. The van der Waals surface area contributed by atoms with Crippen LogP contribution in [0.15, 0.2) is 29.4 Å². The lowest BCUT2D eigenvalue weighted by atomic mass is 10.1. The summed E-state index contributed by atoms with van der Waals surface area (Å²) >= 11 is 1.32. The number of carbonyl (C=O) groups is 1. The Labute approximate surface area is 168 Å². The van der Waals surface area contributed by atoms with Crippen LogP contribution in [0.5, 0.6) is 5.75 Å². The normalized spacial score (nSPS) is 13.8. The van der Waals surface area contributed by atoms with Crippen LogP contribution >= 0.6 is 11.8 Å². The highest BCUT2D eigenvalue weighted by Crippen LogP contribution is 2.32. The van der Waals surface area contributed by atoms with Gasteiger partial charge in [-0.1, -0.05) is 23.9 Å². The SMILES string of the molecule is COc1ccccc1-n1c(SCC(=O)NCCC#N)nnc1N1CCCCC1. The molecule has 1 N–H and O–H groups in total. The van der Waals surface area contributed by atoms with Gasteiger partial charge in [0.15, 0.2) is 5.16 Å². The quantitative estimate of drug-likeness (QED) is 0.537. The van der Waals surface area contributed by atoms with Crippen LogP contribution in [0.2, 0.25) is 0 Å². The topological polar surface area (TPSA) is 96.1 Å². The van der Waals surface area contributed by atoms with E-state index in [1.807, 2.05) is 34.9 Å². The lowest BCUT2D eigenvalue weighted by molar-refractivity contribution is -0.118. The average molecular weight is 401 g/mol. The van der Waals surface area contributed by atoms with Crippen molar-refractivity contribution >= 4 is 23.6 Å². The van der Waals surface area contributed by atoms with Crippen LogP contribution in [0.3, 0.4) is 0 Å². The van der Waals surface area contributed by atoms with Gasteiger partial charge in [0.1, 0.15) is 5.75 Å². The number of benzene rings is 1. The van der Waals surface area contributed by atoms with E-state index in [4.69, 9.17) is 10.00 Å². The molecule has 0 spiro atoms. The highest BCUT2D eigenvalue weighted by atomic mass is 32.2. The number of nitriles is 1. The summed E-state index contributed by atoms with van der Waals surface area (Å²) < 4.78 is 7.51. The molecule has 0 bridgehead atoms. The summed E-state index contributed by atoms with van der Waals surface area (Å²) in [6.07, 6.45) is 3.78. The fourth-order valence-corrected chi connectivity index (χ4v) is 3.89. The van der Waals surface area contributed by atoms with Gasteiger partial charge in [-0.2, -0.15) is 5.26 Å². The fraction of sp³-hybridized carbons (Fsp3) is 0.474. The van der Waals surface area contributed by atoms with Gasteiger partial charge < -0.3 is 15.0 Å². The zero-order valence-electron chi connectivity index (χ0n) is 15.9. The third-order valence-corrected chi connectivity index (χ3v) is 5.40. The molecule has 1 aromatic heterocycles. The van der Waals surface area contributed by atoms with Gasteiger partial charge in [0, 0.05) is 19.6 Å². The molecule has 1 fully saturated rings. The van der Waals surface area contributed by atoms with Crippen molar-refractivity contribution in [3.63, 3.8) is 0 Å². The lowest BCUT2D eigenvalue weighted by Crippen LogP contribution is -2.31.